The largest absolute Gasteiger partial charge is 0.451 e. The van der Waals surface area contributed by atoms with Crippen LogP contribution in [0.3, 0.4) is 0 Å². The van der Waals surface area contributed by atoms with E-state index in [9.17, 15) is 9.59 Å². The second-order valence-electron chi connectivity index (χ2n) is 6.12. The number of anilines is 1. The number of aromatic amines is 1. The van der Waals surface area contributed by atoms with Gasteiger partial charge in [-0.3, -0.25) is 9.89 Å². The van der Waals surface area contributed by atoms with Gasteiger partial charge in [-0.25, -0.2) is 4.79 Å². The molecule has 0 aliphatic heterocycles. The first-order valence-corrected chi connectivity index (χ1v) is 8.74. The molecule has 0 unspecified atom stereocenters. The Kier molecular flexibility index (Phi) is 5.66. The van der Waals surface area contributed by atoms with Gasteiger partial charge in [0.1, 0.15) is 5.69 Å². The van der Waals surface area contributed by atoms with E-state index < -0.39 is 5.97 Å². The van der Waals surface area contributed by atoms with E-state index in [0.29, 0.717) is 5.69 Å². The molecule has 3 rings (SSSR count). The minimum atomic E-state index is -0.625. The van der Waals surface area contributed by atoms with Crippen molar-refractivity contribution in [1.29, 1.82) is 0 Å². The first-order chi connectivity index (χ1) is 13.1. The topological polar surface area (TPSA) is 84.1 Å². The number of carbonyl (C=O) groups excluding carboxylic acids is 2. The second-order valence-corrected chi connectivity index (χ2v) is 6.12. The van der Waals surface area contributed by atoms with Gasteiger partial charge in [-0.2, -0.15) is 5.10 Å². The number of amides is 1. The normalized spacial score (nSPS) is 10.4. The summed E-state index contributed by atoms with van der Waals surface area (Å²) in [5.41, 5.74) is 4.50. The average molecular weight is 363 g/mol. The molecular weight excluding hydrogens is 342 g/mol. The third-order valence-electron chi connectivity index (χ3n) is 4.21. The highest BCUT2D eigenvalue weighted by molar-refractivity contribution is 5.96. The van der Waals surface area contributed by atoms with E-state index in [4.69, 9.17) is 4.74 Å². The van der Waals surface area contributed by atoms with E-state index in [1.807, 2.05) is 62.4 Å². The van der Waals surface area contributed by atoms with Crippen LogP contribution in [0.25, 0.3) is 11.3 Å². The van der Waals surface area contributed by atoms with Crippen molar-refractivity contribution in [2.24, 2.45) is 0 Å². The maximum absolute atomic E-state index is 12.2. The highest BCUT2D eigenvalue weighted by Gasteiger charge is 2.15. The molecule has 0 radical (unpaired) electrons. The number of aryl methyl sites for hydroxylation is 2. The summed E-state index contributed by atoms with van der Waals surface area (Å²) in [6.07, 6.45) is 0.799. The third kappa shape index (κ3) is 4.41. The van der Waals surface area contributed by atoms with Gasteiger partial charge in [-0.1, -0.05) is 55.5 Å². The first-order valence-electron chi connectivity index (χ1n) is 8.74. The molecule has 3 aromatic rings. The average Bonchev–Trinajstić information content (AvgIpc) is 3.19. The van der Waals surface area contributed by atoms with Gasteiger partial charge in [0.2, 0.25) is 0 Å². The lowest BCUT2D eigenvalue weighted by atomic mass is 10.1. The minimum Gasteiger partial charge on any atom is -0.451 e. The molecule has 1 amide bonds. The Morgan fingerprint density at radius 2 is 1.89 bits per heavy atom. The molecule has 0 saturated heterocycles. The predicted octanol–water partition coefficient (Wildman–Crippen LogP) is 3.74. The number of hydrogen-bond acceptors (Lipinski definition) is 4. The van der Waals surface area contributed by atoms with Crippen LogP contribution in [0.15, 0.2) is 54.6 Å². The van der Waals surface area contributed by atoms with Crippen molar-refractivity contribution in [3.63, 3.8) is 0 Å². The van der Waals surface area contributed by atoms with E-state index in [-0.39, 0.29) is 18.2 Å². The first kappa shape index (κ1) is 18.4. The SMILES string of the molecule is CCc1cccc(C)c1NC(=O)COC(=O)c1cc(-c2ccccc2)n[nH]1. The number of esters is 1. The molecule has 6 heteroatoms. The standard InChI is InChI=1S/C21H21N3O3/c1-3-15-11-7-8-14(2)20(15)22-19(25)13-27-21(26)18-12-17(23-24-18)16-9-5-4-6-10-16/h4-12H,3,13H2,1-2H3,(H,22,25)(H,23,24). The summed E-state index contributed by atoms with van der Waals surface area (Å²) in [5, 5.41) is 9.58. The highest BCUT2D eigenvalue weighted by Crippen LogP contribution is 2.21. The minimum absolute atomic E-state index is 0.201. The van der Waals surface area contributed by atoms with Crippen molar-refractivity contribution in [3.8, 4) is 11.3 Å². The lowest BCUT2D eigenvalue weighted by Crippen LogP contribution is -2.22. The predicted molar refractivity (Wildman–Crippen MR) is 103 cm³/mol. The molecule has 0 atom stereocenters. The number of H-pyrrole nitrogens is 1. The van der Waals surface area contributed by atoms with Crippen LogP contribution >= 0.6 is 0 Å². The van der Waals surface area contributed by atoms with Crippen molar-refractivity contribution >= 4 is 17.6 Å². The Hall–Kier alpha value is -3.41. The fourth-order valence-corrected chi connectivity index (χ4v) is 2.77. The van der Waals surface area contributed by atoms with Crippen LogP contribution in [0, 0.1) is 6.92 Å². The fourth-order valence-electron chi connectivity index (χ4n) is 2.77. The molecular formula is C21H21N3O3. The molecule has 2 N–H and O–H groups in total. The molecule has 0 saturated carbocycles. The van der Waals surface area contributed by atoms with E-state index in [2.05, 4.69) is 15.5 Å². The number of hydrogen-bond donors (Lipinski definition) is 2. The van der Waals surface area contributed by atoms with Crippen LogP contribution in [0.2, 0.25) is 0 Å². The lowest BCUT2D eigenvalue weighted by molar-refractivity contribution is -0.119. The van der Waals surface area contributed by atoms with Gasteiger partial charge in [0, 0.05) is 11.3 Å². The Balaban J connectivity index is 1.60. The van der Waals surface area contributed by atoms with Crippen LogP contribution < -0.4 is 5.32 Å². The smallest absolute Gasteiger partial charge is 0.356 e. The van der Waals surface area contributed by atoms with Gasteiger partial charge in [0.25, 0.3) is 5.91 Å². The zero-order chi connectivity index (χ0) is 19.2. The van der Waals surface area contributed by atoms with Crippen molar-refractivity contribution in [2.75, 3.05) is 11.9 Å². The summed E-state index contributed by atoms with van der Waals surface area (Å²) in [6.45, 7) is 3.58. The number of aromatic nitrogens is 2. The van der Waals surface area contributed by atoms with E-state index in [0.717, 1.165) is 28.8 Å². The molecule has 2 aromatic carbocycles. The zero-order valence-electron chi connectivity index (χ0n) is 15.3. The zero-order valence-corrected chi connectivity index (χ0v) is 15.3. The Morgan fingerprint density at radius 1 is 1.11 bits per heavy atom. The van der Waals surface area contributed by atoms with Gasteiger partial charge in [-0.15, -0.1) is 0 Å². The summed E-state index contributed by atoms with van der Waals surface area (Å²) in [5.74, 6) is -1.00. The number of nitrogens with zero attached hydrogens (tertiary/aromatic N) is 1. The summed E-state index contributed by atoms with van der Waals surface area (Å²) in [4.78, 5) is 24.3. The van der Waals surface area contributed by atoms with Crippen molar-refractivity contribution in [3.05, 3.63) is 71.4 Å². The van der Waals surface area contributed by atoms with E-state index in [1.54, 1.807) is 6.07 Å². The number of rotatable bonds is 6. The van der Waals surface area contributed by atoms with Crippen LogP contribution in [-0.2, 0) is 16.0 Å². The van der Waals surface area contributed by atoms with Gasteiger partial charge in [0.15, 0.2) is 6.61 Å². The summed E-state index contributed by atoms with van der Waals surface area (Å²) < 4.78 is 5.10. The van der Waals surface area contributed by atoms with Crippen molar-refractivity contribution in [2.45, 2.75) is 20.3 Å². The molecule has 138 valence electrons. The molecule has 0 aliphatic carbocycles. The molecule has 1 aromatic heterocycles. The van der Waals surface area contributed by atoms with Gasteiger partial charge in [-0.05, 0) is 30.5 Å². The summed E-state index contributed by atoms with van der Waals surface area (Å²) in [6, 6.07) is 16.9. The van der Waals surface area contributed by atoms with Gasteiger partial charge in [0.05, 0.1) is 5.69 Å². The number of para-hydroxylation sites is 1. The van der Waals surface area contributed by atoms with E-state index >= 15 is 0 Å². The Bertz CT molecular complexity index is 948. The molecule has 0 aliphatic rings. The number of nitrogens with one attached hydrogen (secondary N) is 2. The molecule has 6 nitrogen and oxygen atoms in total. The van der Waals surface area contributed by atoms with Crippen LogP contribution in [0.5, 0.6) is 0 Å². The quantitative estimate of drug-likeness (QED) is 0.654. The van der Waals surface area contributed by atoms with Crippen LogP contribution in [0.1, 0.15) is 28.5 Å². The molecule has 1 heterocycles. The third-order valence-corrected chi connectivity index (χ3v) is 4.21. The number of ether oxygens (including phenoxy) is 1. The Labute approximate surface area is 157 Å². The lowest BCUT2D eigenvalue weighted by Gasteiger charge is -2.12. The Morgan fingerprint density at radius 3 is 2.63 bits per heavy atom. The number of benzene rings is 2. The van der Waals surface area contributed by atoms with E-state index in [1.165, 1.54) is 0 Å². The van der Waals surface area contributed by atoms with Crippen molar-refractivity contribution < 1.29 is 14.3 Å². The molecule has 0 bridgehead atoms. The highest BCUT2D eigenvalue weighted by atomic mass is 16.5. The van der Waals surface area contributed by atoms with Gasteiger partial charge < -0.3 is 10.1 Å². The van der Waals surface area contributed by atoms with Crippen LogP contribution in [0.4, 0.5) is 5.69 Å². The molecule has 0 spiro atoms. The number of carbonyl (C=O) groups is 2. The fraction of sp³-hybridized carbons (Fsp3) is 0.190. The maximum atomic E-state index is 12.2. The van der Waals surface area contributed by atoms with Crippen molar-refractivity contribution in [1.82, 2.24) is 10.2 Å². The monoisotopic (exact) mass is 363 g/mol. The van der Waals surface area contributed by atoms with Gasteiger partial charge >= 0.3 is 5.97 Å². The summed E-state index contributed by atoms with van der Waals surface area (Å²) in [7, 11) is 0. The molecule has 0 fully saturated rings. The summed E-state index contributed by atoms with van der Waals surface area (Å²) >= 11 is 0. The maximum Gasteiger partial charge on any atom is 0.356 e. The van der Waals surface area contributed by atoms with Crippen LogP contribution in [-0.4, -0.2) is 28.7 Å². The second kappa shape index (κ2) is 8.31. The molecule has 27 heavy (non-hydrogen) atoms.